The maximum absolute atomic E-state index is 11.5. The Balaban J connectivity index is 2.30. The number of amides is 1. The summed E-state index contributed by atoms with van der Waals surface area (Å²) < 4.78 is 47.7. The average Bonchev–Trinajstić information content (AvgIpc) is 2.72. The van der Waals surface area contributed by atoms with Crippen molar-refractivity contribution in [2.75, 3.05) is 53.9 Å². The molecule has 1 rings (SSSR count). The Bertz CT molecular complexity index is 398. The van der Waals surface area contributed by atoms with Crippen molar-refractivity contribution in [2.24, 2.45) is 0 Å². The Morgan fingerprint density at radius 3 is 2.50 bits per heavy atom. The monoisotopic (exact) mass is 313 g/mol. The van der Waals surface area contributed by atoms with Crippen molar-refractivity contribution in [1.82, 2.24) is 4.31 Å². The molecular formula is C10H19NO8S. The van der Waals surface area contributed by atoms with Crippen LogP contribution in [-0.4, -0.2) is 78.7 Å². The van der Waals surface area contributed by atoms with Gasteiger partial charge < -0.3 is 18.9 Å². The lowest BCUT2D eigenvalue weighted by molar-refractivity contribution is 0.0139. The fraction of sp³-hybridized carbons (Fsp3) is 0.900. The summed E-state index contributed by atoms with van der Waals surface area (Å²) in [6.07, 6.45) is -0.993. The normalized spacial score (nSPS) is 21.1. The van der Waals surface area contributed by atoms with Gasteiger partial charge >= 0.3 is 16.4 Å². The molecule has 0 spiro atoms. The Morgan fingerprint density at radius 1 is 1.20 bits per heavy atom. The molecule has 0 unspecified atom stereocenters. The van der Waals surface area contributed by atoms with Gasteiger partial charge in [0.1, 0.15) is 6.04 Å². The molecule has 9 nitrogen and oxygen atoms in total. The summed E-state index contributed by atoms with van der Waals surface area (Å²) >= 11 is 0. The molecule has 0 radical (unpaired) electrons. The van der Waals surface area contributed by atoms with E-state index in [1.54, 1.807) is 7.11 Å². The van der Waals surface area contributed by atoms with E-state index < -0.39 is 22.4 Å². The van der Waals surface area contributed by atoms with Gasteiger partial charge in [0, 0.05) is 7.11 Å². The first-order valence-corrected chi connectivity index (χ1v) is 7.30. The number of ether oxygens (including phenoxy) is 4. The minimum atomic E-state index is -4.07. The third-order valence-electron chi connectivity index (χ3n) is 2.45. The highest BCUT2D eigenvalue weighted by atomic mass is 32.2. The number of hydrogen-bond donors (Lipinski definition) is 0. The SMILES string of the molecule is COCCOCCOC[C@H]1COS(=O)(=O)N1C(=O)OC. The van der Waals surface area contributed by atoms with Gasteiger partial charge in [-0.05, 0) is 0 Å². The first-order chi connectivity index (χ1) is 9.53. The number of methoxy groups -OCH3 is 2. The fourth-order valence-electron chi connectivity index (χ4n) is 1.50. The van der Waals surface area contributed by atoms with Gasteiger partial charge in [0.15, 0.2) is 0 Å². The summed E-state index contributed by atoms with van der Waals surface area (Å²) in [5, 5.41) is 0. The van der Waals surface area contributed by atoms with Crippen LogP contribution in [0.3, 0.4) is 0 Å². The first-order valence-electron chi connectivity index (χ1n) is 5.94. The van der Waals surface area contributed by atoms with Crippen molar-refractivity contribution >= 4 is 16.4 Å². The first kappa shape index (κ1) is 17.1. The van der Waals surface area contributed by atoms with Crippen molar-refractivity contribution in [3.05, 3.63) is 0 Å². The van der Waals surface area contributed by atoms with Crippen LogP contribution in [0.5, 0.6) is 0 Å². The molecule has 1 heterocycles. The van der Waals surface area contributed by atoms with E-state index in [9.17, 15) is 13.2 Å². The zero-order valence-corrected chi connectivity index (χ0v) is 12.3. The molecule has 1 aliphatic rings. The number of carbonyl (C=O) groups is 1. The van der Waals surface area contributed by atoms with E-state index in [-0.39, 0.29) is 19.8 Å². The summed E-state index contributed by atoms with van der Waals surface area (Å²) in [6.45, 7) is 1.43. The van der Waals surface area contributed by atoms with Gasteiger partial charge in [0.2, 0.25) is 0 Å². The molecule has 1 atom stereocenters. The van der Waals surface area contributed by atoms with Crippen LogP contribution in [0, 0.1) is 0 Å². The van der Waals surface area contributed by atoms with Crippen LogP contribution < -0.4 is 0 Å². The molecule has 1 fully saturated rings. The molecule has 20 heavy (non-hydrogen) atoms. The van der Waals surface area contributed by atoms with Crippen molar-refractivity contribution in [3.63, 3.8) is 0 Å². The molecule has 0 saturated carbocycles. The lowest BCUT2D eigenvalue weighted by Gasteiger charge is -2.18. The average molecular weight is 313 g/mol. The summed E-state index contributed by atoms with van der Waals surface area (Å²) in [5.41, 5.74) is 0. The van der Waals surface area contributed by atoms with E-state index >= 15 is 0 Å². The molecule has 0 aromatic heterocycles. The van der Waals surface area contributed by atoms with Crippen LogP contribution in [0.25, 0.3) is 0 Å². The van der Waals surface area contributed by atoms with E-state index in [1.807, 2.05) is 0 Å². The van der Waals surface area contributed by atoms with E-state index in [2.05, 4.69) is 8.92 Å². The Morgan fingerprint density at radius 2 is 1.85 bits per heavy atom. The third kappa shape index (κ3) is 4.87. The maximum atomic E-state index is 11.5. The van der Waals surface area contributed by atoms with Gasteiger partial charge in [0.05, 0.1) is 46.8 Å². The number of carbonyl (C=O) groups excluding carboxylic acids is 1. The summed E-state index contributed by atoms with van der Waals surface area (Å²) in [5.74, 6) is 0. The van der Waals surface area contributed by atoms with Crippen LogP contribution in [-0.2, 0) is 33.4 Å². The second-order valence-electron chi connectivity index (χ2n) is 3.84. The summed E-state index contributed by atoms with van der Waals surface area (Å²) in [6, 6.07) is -0.730. The smallest absolute Gasteiger partial charge is 0.425 e. The van der Waals surface area contributed by atoms with Gasteiger partial charge in [-0.25, -0.2) is 4.79 Å². The van der Waals surface area contributed by atoms with Crippen LogP contribution in [0.4, 0.5) is 4.79 Å². The second-order valence-corrected chi connectivity index (χ2v) is 5.33. The molecular weight excluding hydrogens is 294 g/mol. The molecule has 0 aromatic rings. The molecule has 0 aromatic carbocycles. The number of hydrogen-bond acceptors (Lipinski definition) is 8. The number of rotatable bonds is 8. The molecule has 1 amide bonds. The predicted molar refractivity (Wildman–Crippen MR) is 66.4 cm³/mol. The molecule has 0 N–H and O–H groups in total. The van der Waals surface area contributed by atoms with Gasteiger partial charge in [-0.15, -0.1) is 0 Å². The lowest BCUT2D eigenvalue weighted by Crippen LogP contribution is -2.41. The summed E-state index contributed by atoms with van der Waals surface area (Å²) in [7, 11) is -1.41. The second kappa shape index (κ2) is 8.37. The highest BCUT2D eigenvalue weighted by Crippen LogP contribution is 2.19. The van der Waals surface area contributed by atoms with E-state index in [0.717, 1.165) is 7.11 Å². The highest BCUT2D eigenvalue weighted by molar-refractivity contribution is 7.85. The van der Waals surface area contributed by atoms with Crippen LogP contribution in [0.1, 0.15) is 0 Å². The summed E-state index contributed by atoms with van der Waals surface area (Å²) in [4.78, 5) is 11.4. The van der Waals surface area contributed by atoms with Gasteiger partial charge in [-0.1, -0.05) is 0 Å². The van der Waals surface area contributed by atoms with Gasteiger partial charge in [-0.2, -0.15) is 12.7 Å². The van der Waals surface area contributed by atoms with Crippen LogP contribution >= 0.6 is 0 Å². The zero-order valence-electron chi connectivity index (χ0n) is 11.4. The van der Waals surface area contributed by atoms with E-state index in [4.69, 9.17) is 14.2 Å². The van der Waals surface area contributed by atoms with Crippen molar-refractivity contribution in [1.29, 1.82) is 0 Å². The standard InChI is InChI=1S/C10H19NO8S/c1-15-3-4-17-5-6-18-7-9-8-19-20(13,14)11(9)10(12)16-2/h9H,3-8H2,1-2H3/t9-/m0/s1. The van der Waals surface area contributed by atoms with Crippen LogP contribution in [0.2, 0.25) is 0 Å². The minimum absolute atomic E-state index is 0.0158. The topological polar surface area (TPSA) is 101 Å². The van der Waals surface area contributed by atoms with Crippen molar-refractivity contribution in [3.8, 4) is 0 Å². The molecule has 1 saturated heterocycles. The fourth-order valence-corrected chi connectivity index (χ4v) is 2.69. The Labute approximate surface area is 117 Å². The van der Waals surface area contributed by atoms with Crippen LogP contribution in [0.15, 0.2) is 0 Å². The molecule has 0 bridgehead atoms. The zero-order chi connectivity index (χ0) is 15.0. The van der Waals surface area contributed by atoms with Gasteiger partial charge in [-0.3, -0.25) is 4.18 Å². The molecule has 0 aliphatic carbocycles. The van der Waals surface area contributed by atoms with E-state index in [1.165, 1.54) is 0 Å². The van der Waals surface area contributed by atoms with E-state index in [0.29, 0.717) is 24.1 Å². The molecule has 118 valence electrons. The molecule has 1 aliphatic heterocycles. The minimum Gasteiger partial charge on any atom is -0.452 e. The largest absolute Gasteiger partial charge is 0.452 e. The number of nitrogens with zero attached hydrogens (tertiary/aromatic N) is 1. The van der Waals surface area contributed by atoms with Crippen molar-refractivity contribution in [2.45, 2.75) is 6.04 Å². The maximum Gasteiger partial charge on any atom is 0.425 e. The predicted octanol–water partition coefficient (Wildman–Crippen LogP) is -0.622. The van der Waals surface area contributed by atoms with Gasteiger partial charge in [0.25, 0.3) is 0 Å². The van der Waals surface area contributed by atoms with Crippen molar-refractivity contribution < 1.29 is 36.3 Å². The quantitative estimate of drug-likeness (QED) is 0.546. The Hall–Kier alpha value is -0.940. The lowest BCUT2D eigenvalue weighted by atomic mass is 10.3. The highest BCUT2D eigenvalue weighted by Gasteiger charge is 2.43. The molecule has 10 heteroatoms. The Kier molecular flexibility index (Phi) is 7.16. The third-order valence-corrected chi connectivity index (χ3v) is 3.81.